The maximum absolute atomic E-state index is 12.7. The third-order valence-electron chi connectivity index (χ3n) is 3.45. The molecule has 0 aliphatic rings. The summed E-state index contributed by atoms with van der Waals surface area (Å²) in [4.78, 5) is 23.2. The van der Waals surface area contributed by atoms with Crippen LogP contribution in [0.4, 0.5) is 0 Å². The van der Waals surface area contributed by atoms with Gasteiger partial charge >= 0.3 is 5.97 Å². The number of carboxylic acids is 1. The van der Waals surface area contributed by atoms with Gasteiger partial charge in [0.2, 0.25) is 0 Å². The van der Waals surface area contributed by atoms with E-state index in [-0.39, 0.29) is 11.5 Å². The zero-order valence-electron chi connectivity index (χ0n) is 12.5. The predicted octanol–water partition coefficient (Wildman–Crippen LogP) is 4.36. The molecule has 8 heteroatoms. The molecule has 0 saturated heterocycles. The SMILES string of the molecule is O=C(O)COc1ccc(C(=O)c2coc3c(Br)c(Br)c(O)cc23)cc1. The fourth-order valence-electron chi connectivity index (χ4n) is 2.27. The van der Waals surface area contributed by atoms with Crippen LogP contribution in [0.2, 0.25) is 0 Å². The molecule has 0 aliphatic heterocycles. The number of halogens is 2. The molecule has 0 spiro atoms. The monoisotopic (exact) mass is 468 g/mol. The van der Waals surface area contributed by atoms with E-state index in [0.29, 0.717) is 36.8 Å². The van der Waals surface area contributed by atoms with Crippen LogP contribution in [-0.2, 0) is 4.79 Å². The van der Waals surface area contributed by atoms with Crippen molar-refractivity contribution in [2.45, 2.75) is 0 Å². The van der Waals surface area contributed by atoms with Gasteiger partial charge in [0.05, 0.1) is 14.5 Å². The van der Waals surface area contributed by atoms with Crippen molar-refractivity contribution < 1.29 is 29.0 Å². The normalized spacial score (nSPS) is 10.8. The van der Waals surface area contributed by atoms with Crippen molar-refractivity contribution in [3.8, 4) is 11.5 Å². The second kappa shape index (κ2) is 6.89. The number of furan rings is 1. The van der Waals surface area contributed by atoms with Crippen molar-refractivity contribution in [3.05, 3.63) is 56.7 Å². The summed E-state index contributed by atoms with van der Waals surface area (Å²) in [7, 11) is 0. The molecule has 6 nitrogen and oxygen atoms in total. The average Bonchev–Trinajstić information content (AvgIpc) is 3.01. The molecule has 1 heterocycles. The average molecular weight is 470 g/mol. The van der Waals surface area contributed by atoms with Crippen LogP contribution in [0, 0.1) is 0 Å². The summed E-state index contributed by atoms with van der Waals surface area (Å²) in [5, 5.41) is 19.0. The zero-order valence-corrected chi connectivity index (χ0v) is 15.6. The first kappa shape index (κ1) is 17.5. The molecule has 0 saturated carbocycles. The Morgan fingerprint density at radius 2 is 1.80 bits per heavy atom. The number of carbonyl (C=O) groups is 2. The van der Waals surface area contributed by atoms with E-state index in [1.54, 1.807) is 0 Å². The quantitative estimate of drug-likeness (QED) is 0.539. The minimum atomic E-state index is -1.08. The van der Waals surface area contributed by atoms with Crippen LogP contribution in [0.15, 0.2) is 50.0 Å². The van der Waals surface area contributed by atoms with Gasteiger partial charge in [0, 0.05) is 10.9 Å². The third kappa shape index (κ3) is 3.40. The maximum atomic E-state index is 12.7. The van der Waals surface area contributed by atoms with E-state index in [0.717, 1.165) is 0 Å². The largest absolute Gasteiger partial charge is 0.507 e. The van der Waals surface area contributed by atoms with Gasteiger partial charge in [-0.15, -0.1) is 0 Å². The fourth-order valence-corrected chi connectivity index (χ4v) is 3.08. The maximum Gasteiger partial charge on any atom is 0.341 e. The lowest BCUT2D eigenvalue weighted by atomic mass is 10.0. The van der Waals surface area contributed by atoms with Crippen molar-refractivity contribution in [1.82, 2.24) is 0 Å². The smallest absolute Gasteiger partial charge is 0.341 e. The molecule has 3 rings (SSSR count). The molecule has 0 fully saturated rings. The van der Waals surface area contributed by atoms with E-state index in [9.17, 15) is 14.7 Å². The van der Waals surface area contributed by atoms with E-state index in [1.807, 2.05) is 0 Å². The van der Waals surface area contributed by atoms with Gasteiger partial charge in [-0.05, 0) is 62.2 Å². The van der Waals surface area contributed by atoms with Gasteiger partial charge in [-0.1, -0.05) is 0 Å². The first-order chi connectivity index (χ1) is 11.9. The highest BCUT2D eigenvalue weighted by Crippen LogP contribution is 2.40. The van der Waals surface area contributed by atoms with Gasteiger partial charge in [0.25, 0.3) is 0 Å². The van der Waals surface area contributed by atoms with Gasteiger partial charge < -0.3 is 19.4 Å². The lowest BCUT2D eigenvalue weighted by molar-refractivity contribution is -0.139. The number of fused-ring (bicyclic) bond motifs is 1. The number of ether oxygens (including phenoxy) is 1. The molecule has 0 bridgehead atoms. The molecule has 0 atom stereocenters. The molecule has 2 aromatic carbocycles. The summed E-state index contributed by atoms with van der Waals surface area (Å²) in [5.41, 5.74) is 1.12. The fraction of sp³-hybridized carbons (Fsp3) is 0.0588. The van der Waals surface area contributed by atoms with E-state index >= 15 is 0 Å². The number of aliphatic carboxylic acids is 1. The summed E-state index contributed by atoms with van der Waals surface area (Å²) in [6.45, 7) is -0.457. The lowest BCUT2D eigenvalue weighted by Crippen LogP contribution is -2.09. The molecule has 1 aromatic heterocycles. The summed E-state index contributed by atoms with van der Waals surface area (Å²) < 4.78 is 11.4. The molecular formula is C17H10Br2O6. The Morgan fingerprint density at radius 3 is 2.44 bits per heavy atom. The molecule has 2 N–H and O–H groups in total. The highest BCUT2D eigenvalue weighted by atomic mass is 79.9. The molecular weight excluding hydrogens is 460 g/mol. The van der Waals surface area contributed by atoms with Crippen LogP contribution in [0.3, 0.4) is 0 Å². The van der Waals surface area contributed by atoms with E-state index < -0.39 is 12.6 Å². The molecule has 0 unspecified atom stereocenters. The van der Waals surface area contributed by atoms with Crippen LogP contribution in [0.5, 0.6) is 11.5 Å². The van der Waals surface area contributed by atoms with E-state index in [1.165, 1.54) is 36.6 Å². The van der Waals surface area contributed by atoms with Crippen molar-refractivity contribution in [1.29, 1.82) is 0 Å². The zero-order chi connectivity index (χ0) is 18.1. The second-order valence-corrected chi connectivity index (χ2v) is 6.67. The van der Waals surface area contributed by atoms with Gasteiger partial charge in [-0.25, -0.2) is 4.79 Å². The van der Waals surface area contributed by atoms with E-state index in [4.69, 9.17) is 14.3 Å². The Morgan fingerprint density at radius 1 is 1.12 bits per heavy atom. The number of benzene rings is 2. The van der Waals surface area contributed by atoms with Gasteiger partial charge in [-0.2, -0.15) is 0 Å². The molecule has 0 amide bonds. The lowest BCUT2D eigenvalue weighted by Gasteiger charge is -2.05. The summed E-state index contributed by atoms with van der Waals surface area (Å²) in [5.74, 6) is -1.05. The minimum absolute atomic E-state index is 0.0211. The standard InChI is InChI=1S/C17H10Br2O6/c18-14-12(20)5-10-11(6-25-17(10)15(14)19)16(23)8-1-3-9(4-2-8)24-7-13(21)22/h1-6,20H,7H2,(H,21,22). The number of phenols is 1. The van der Waals surface area contributed by atoms with Gasteiger partial charge in [-0.3, -0.25) is 4.79 Å². The van der Waals surface area contributed by atoms with Crippen molar-refractivity contribution in [3.63, 3.8) is 0 Å². The number of rotatable bonds is 5. The number of hydrogen-bond acceptors (Lipinski definition) is 5. The van der Waals surface area contributed by atoms with Gasteiger partial charge in [0.1, 0.15) is 23.3 Å². The Balaban J connectivity index is 1.93. The number of aromatic hydroxyl groups is 1. The van der Waals surface area contributed by atoms with Crippen molar-refractivity contribution >= 4 is 54.6 Å². The van der Waals surface area contributed by atoms with Crippen molar-refractivity contribution in [2.75, 3.05) is 6.61 Å². The molecule has 0 aliphatic carbocycles. The number of hydrogen-bond donors (Lipinski definition) is 2. The molecule has 3 aromatic rings. The number of carboxylic acid groups (broad SMARTS) is 1. The number of ketones is 1. The highest BCUT2D eigenvalue weighted by molar-refractivity contribution is 9.13. The van der Waals surface area contributed by atoms with E-state index in [2.05, 4.69) is 31.9 Å². The summed E-state index contributed by atoms with van der Waals surface area (Å²) in [6, 6.07) is 7.55. The Kier molecular flexibility index (Phi) is 4.82. The van der Waals surface area contributed by atoms with Crippen LogP contribution < -0.4 is 4.74 Å². The third-order valence-corrected chi connectivity index (χ3v) is 5.54. The Hall–Kier alpha value is -2.32. The van der Waals surface area contributed by atoms with Crippen LogP contribution in [-0.4, -0.2) is 28.6 Å². The van der Waals surface area contributed by atoms with Crippen LogP contribution in [0.25, 0.3) is 11.0 Å². The molecule has 25 heavy (non-hydrogen) atoms. The summed E-state index contributed by atoms with van der Waals surface area (Å²) >= 11 is 6.54. The van der Waals surface area contributed by atoms with Crippen LogP contribution in [0.1, 0.15) is 15.9 Å². The molecule has 128 valence electrons. The summed E-state index contributed by atoms with van der Waals surface area (Å²) in [6.07, 6.45) is 1.33. The first-order valence-corrected chi connectivity index (χ1v) is 8.54. The minimum Gasteiger partial charge on any atom is -0.507 e. The van der Waals surface area contributed by atoms with Gasteiger partial charge in [0.15, 0.2) is 12.4 Å². The number of carbonyl (C=O) groups excluding carboxylic acids is 1. The number of phenolic OH excluding ortho intramolecular Hbond substituents is 1. The Labute approximate surface area is 158 Å². The topological polar surface area (TPSA) is 97.0 Å². The molecule has 0 radical (unpaired) electrons. The highest BCUT2D eigenvalue weighted by Gasteiger charge is 2.20. The Bertz CT molecular complexity index is 975. The predicted molar refractivity (Wildman–Crippen MR) is 96.3 cm³/mol. The van der Waals surface area contributed by atoms with Crippen molar-refractivity contribution in [2.24, 2.45) is 0 Å². The second-order valence-electron chi connectivity index (χ2n) is 5.09. The van der Waals surface area contributed by atoms with Crippen LogP contribution >= 0.6 is 31.9 Å². The first-order valence-electron chi connectivity index (χ1n) is 6.96.